The zero-order chi connectivity index (χ0) is 19.8. The van der Waals surface area contributed by atoms with E-state index in [1.54, 1.807) is 6.92 Å². The van der Waals surface area contributed by atoms with Crippen LogP contribution in [0.4, 0.5) is 14.6 Å². The van der Waals surface area contributed by atoms with Gasteiger partial charge in [0.05, 0.1) is 6.54 Å². The van der Waals surface area contributed by atoms with Crippen LogP contribution in [0.25, 0.3) is 0 Å². The molecule has 3 aliphatic rings. The zero-order valence-corrected chi connectivity index (χ0v) is 16.1. The number of anilines is 1. The first kappa shape index (κ1) is 18.7. The smallest absolute Gasteiger partial charge is 0.219 e. The molecule has 4 rings (SSSR count). The number of nitrogens with zero attached hydrogens (tertiary/aromatic N) is 3. The summed E-state index contributed by atoms with van der Waals surface area (Å²) in [6.07, 6.45) is 8.73. The molecule has 1 aromatic heterocycles. The number of hydrogen-bond donors (Lipinski definition) is 1. The van der Waals surface area contributed by atoms with Gasteiger partial charge in [0.15, 0.2) is 5.82 Å². The molecule has 7 heteroatoms. The summed E-state index contributed by atoms with van der Waals surface area (Å²) >= 11 is 0. The number of halogens is 2. The Morgan fingerprint density at radius 1 is 1.29 bits per heavy atom. The fraction of sp³-hybridized carbons (Fsp3) is 0.429. The Morgan fingerprint density at radius 3 is 2.82 bits per heavy atom. The zero-order valence-electron chi connectivity index (χ0n) is 16.1. The summed E-state index contributed by atoms with van der Waals surface area (Å²) < 4.78 is 29.5. The first-order chi connectivity index (χ1) is 13.4. The molecule has 2 aliphatic carbocycles. The number of amides is 1. The molecule has 0 spiro atoms. The van der Waals surface area contributed by atoms with Crippen molar-refractivity contribution in [3.8, 4) is 0 Å². The lowest BCUT2D eigenvalue weighted by atomic mass is 9.92. The van der Waals surface area contributed by atoms with Crippen LogP contribution in [0.1, 0.15) is 37.4 Å². The van der Waals surface area contributed by atoms with Crippen LogP contribution < -0.4 is 5.32 Å². The standard InChI is InChI=1S/C21H24F2N4O/c1-13(28)27-10-9-20-18(12-27)21(25-26(20)2)24-16-6-3-14(4-7-16)17-11-15(22)5-8-19(17)23/h3-4,6,11,16H,5,7-10,12H2,1-2H3,(H,24,25). The van der Waals surface area contributed by atoms with E-state index in [1.165, 1.54) is 6.08 Å². The van der Waals surface area contributed by atoms with Gasteiger partial charge in [-0.2, -0.15) is 5.10 Å². The maximum atomic E-state index is 14.1. The van der Waals surface area contributed by atoms with Crippen LogP contribution in [0.2, 0.25) is 0 Å². The number of rotatable bonds is 3. The summed E-state index contributed by atoms with van der Waals surface area (Å²) in [6, 6.07) is 0.0107. The molecule has 5 nitrogen and oxygen atoms in total. The minimum Gasteiger partial charge on any atom is -0.362 e. The van der Waals surface area contributed by atoms with Crippen molar-refractivity contribution in [2.45, 2.75) is 45.2 Å². The van der Waals surface area contributed by atoms with E-state index in [2.05, 4.69) is 10.4 Å². The summed E-state index contributed by atoms with van der Waals surface area (Å²) in [7, 11) is 1.92. The van der Waals surface area contributed by atoms with Gasteiger partial charge >= 0.3 is 0 Å². The van der Waals surface area contributed by atoms with Crippen molar-refractivity contribution in [3.63, 3.8) is 0 Å². The molecule has 0 aromatic carbocycles. The topological polar surface area (TPSA) is 50.2 Å². The van der Waals surface area contributed by atoms with E-state index >= 15 is 0 Å². The van der Waals surface area contributed by atoms with Gasteiger partial charge in [-0.25, -0.2) is 8.78 Å². The van der Waals surface area contributed by atoms with Crippen molar-refractivity contribution >= 4 is 11.7 Å². The maximum Gasteiger partial charge on any atom is 0.219 e. The van der Waals surface area contributed by atoms with Crippen LogP contribution in [0.15, 0.2) is 47.1 Å². The SMILES string of the molecule is CC(=O)N1CCc2c(c(NC3C=CC(C4=C(F)CCC(F)=C4)=CC3)nn2C)C1. The third-order valence-corrected chi connectivity index (χ3v) is 5.60. The van der Waals surface area contributed by atoms with E-state index < -0.39 is 0 Å². The quantitative estimate of drug-likeness (QED) is 0.858. The summed E-state index contributed by atoms with van der Waals surface area (Å²) in [5.74, 6) is 0.311. The largest absolute Gasteiger partial charge is 0.362 e. The third-order valence-electron chi connectivity index (χ3n) is 5.60. The van der Waals surface area contributed by atoms with Gasteiger partial charge in [-0.3, -0.25) is 9.48 Å². The van der Waals surface area contributed by atoms with Crippen molar-refractivity contribution in [1.29, 1.82) is 0 Å². The normalized spacial score (nSPS) is 22.0. The van der Waals surface area contributed by atoms with Gasteiger partial charge in [-0.05, 0) is 18.1 Å². The Kier molecular flexibility index (Phi) is 4.91. The van der Waals surface area contributed by atoms with Crippen molar-refractivity contribution in [2.24, 2.45) is 7.05 Å². The highest BCUT2D eigenvalue weighted by Crippen LogP contribution is 2.33. The van der Waals surface area contributed by atoms with E-state index in [1.807, 2.05) is 34.9 Å². The van der Waals surface area contributed by atoms with Crippen LogP contribution in [-0.2, 0) is 24.8 Å². The molecule has 148 valence electrons. The molecular formula is C21H24F2N4O. The Hall–Kier alpha value is -2.70. The molecule has 1 aromatic rings. The Morgan fingerprint density at radius 2 is 2.11 bits per heavy atom. The fourth-order valence-electron chi connectivity index (χ4n) is 3.99. The van der Waals surface area contributed by atoms with Gasteiger partial charge in [0.1, 0.15) is 11.7 Å². The number of carbonyl (C=O) groups is 1. The average molecular weight is 386 g/mol. The first-order valence-corrected chi connectivity index (χ1v) is 9.62. The first-order valence-electron chi connectivity index (χ1n) is 9.62. The average Bonchev–Trinajstić information content (AvgIpc) is 2.99. The third kappa shape index (κ3) is 3.53. The lowest BCUT2D eigenvalue weighted by molar-refractivity contribution is -0.129. The molecule has 0 bridgehead atoms. The fourth-order valence-corrected chi connectivity index (χ4v) is 3.99. The Bertz CT molecular complexity index is 938. The number of fused-ring (bicyclic) bond motifs is 1. The second-order valence-corrected chi connectivity index (χ2v) is 7.50. The van der Waals surface area contributed by atoms with Crippen LogP contribution >= 0.6 is 0 Å². The summed E-state index contributed by atoms with van der Waals surface area (Å²) in [5.41, 5.74) is 3.27. The Labute approximate surface area is 163 Å². The second-order valence-electron chi connectivity index (χ2n) is 7.50. The molecule has 1 atom stereocenters. The van der Waals surface area contributed by atoms with Crippen LogP contribution in [0.3, 0.4) is 0 Å². The summed E-state index contributed by atoms with van der Waals surface area (Å²) in [5, 5.41) is 8.03. The lowest BCUT2D eigenvalue weighted by Crippen LogP contribution is -2.34. The molecule has 1 amide bonds. The van der Waals surface area contributed by atoms with Gasteiger partial charge in [0.2, 0.25) is 5.91 Å². The van der Waals surface area contributed by atoms with Crippen LogP contribution in [0.5, 0.6) is 0 Å². The molecular weight excluding hydrogens is 362 g/mol. The summed E-state index contributed by atoms with van der Waals surface area (Å²) in [4.78, 5) is 13.6. The molecule has 28 heavy (non-hydrogen) atoms. The molecule has 2 heterocycles. The Balaban J connectivity index is 1.49. The molecule has 0 radical (unpaired) electrons. The van der Waals surface area contributed by atoms with E-state index in [0.29, 0.717) is 25.1 Å². The van der Waals surface area contributed by atoms with Crippen molar-refractivity contribution < 1.29 is 13.6 Å². The highest BCUT2D eigenvalue weighted by atomic mass is 19.1. The van der Waals surface area contributed by atoms with Crippen molar-refractivity contribution in [3.05, 3.63) is 58.4 Å². The van der Waals surface area contributed by atoms with E-state index in [9.17, 15) is 13.6 Å². The highest BCUT2D eigenvalue weighted by molar-refractivity contribution is 5.74. The molecule has 1 aliphatic heterocycles. The van der Waals surface area contributed by atoms with Gasteiger partial charge in [0.25, 0.3) is 0 Å². The number of aryl methyl sites for hydroxylation is 1. The van der Waals surface area contributed by atoms with Crippen LogP contribution in [-0.4, -0.2) is 33.2 Å². The minimum atomic E-state index is -0.277. The summed E-state index contributed by atoms with van der Waals surface area (Å²) in [6.45, 7) is 2.85. The highest BCUT2D eigenvalue weighted by Gasteiger charge is 2.26. The van der Waals surface area contributed by atoms with E-state index in [4.69, 9.17) is 0 Å². The number of hydrogen-bond acceptors (Lipinski definition) is 3. The monoisotopic (exact) mass is 386 g/mol. The van der Waals surface area contributed by atoms with Gasteiger partial charge < -0.3 is 10.2 Å². The van der Waals surface area contributed by atoms with Gasteiger partial charge in [0, 0.05) is 62.7 Å². The maximum absolute atomic E-state index is 14.1. The van der Waals surface area contributed by atoms with E-state index in [0.717, 1.165) is 29.1 Å². The number of allylic oxidation sites excluding steroid dienone is 6. The van der Waals surface area contributed by atoms with Crippen LogP contribution in [0, 0.1) is 0 Å². The van der Waals surface area contributed by atoms with Crippen molar-refractivity contribution in [2.75, 3.05) is 11.9 Å². The predicted molar refractivity (Wildman–Crippen MR) is 104 cm³/mol. The molecule has 1 unspecified atom stereocenters. The number of nitrogens with one attached hydrogen (secondary N) is 1. The predicted octanol–water partition coefficient (Wildman–Crippen LogP) is 3.86. The molecule has 0 fully saturated rings. The van der Waals surface area contributed by atoms with Gasteiger partial charge in [-0.1, -0.05) is 18.2 Å². The molecule has 0 saturated carbocycles. The molecule has 1 N–H and O–H groups in total. The number of aromatic nitrogens is 2. The molecule has 0 saturated heterocycles. The van der Waals surface area contributed by atoms with E-state index in [-0.39, 0.29) is 36.4 Å². The number of carbonyl (C=O) groups excluding carboxylic acids is 1. The van der Waals surface area contributed by atoms with Gasteiger partial charge in [-0.15, -0.1) is 0 Å². The van der Waals surface area contributed by atoms with Crippen molar-refractivity contribution in [1.82, 2.24) is 14.7 Å². The lowest BCUT2D eigenvalue weighted by Gasteiger charge is -2.27. The second kappa shape index (κ2) is 7.37. The minimum absolute atomic E-state index is 0.0107.